The lowest BCUT2D eigenvalue weighted by Gasteiger charge is -2.31. The Morgan fingerprint density at radius 2 is 1.74 bits per heavy atom. The van der Waals surface area contributed by atoms with E-state index in [1.54, 1.807) is 61.4 Å². The number of aromatic nitrogens is 2. The lowest BCUT2D eigenvalue weighted by Crippen LogP contribution is -2.40. The molecule has 1 aliphatic rings. The Balaban J connectivity index is 1.43. The smallest absolute Gasteiger partial charge is 0.257 e. The van der Waals surface area contributed by atoms with Crippen molar-refractivity contribution in [1.29, 1.82) is 0 Å². The van der Waals surface area contributed by atoms with Gasteiger partial charge in [0.2, 0.25) is 0 Å². The van der Waals surface area contributed by atoms with E-state index >= 15 is 0 Å². The van der Waals surface area contributed by atoms with Crippen LogP contribution in [0.3, 0.4) is 0 Å². The predicted octanol–water partition coefficient (Wildman–Crippen LogP) is 4.06. The Morgan fingerprint density at radius 3 is 2.39 bits per heavy atom. The van der Waals surface area contributed by atoms with Crippen LogP contribution in [0.1, 0.15) is 39.3 Å². The van der Waals surface area contributed by atoms with Crippen LogP contribution >= 0.6 is 0 Å². The molecule has 1 aliphatic heterocycles. The highest BCUT2D eigenvalue weighted by atomic mass is 19.1. The molecule has 0 spiro atoms. The van der Waals surface area contributed by atoms with Gasteiger partial charge in [0.05, 0.1) is 24.6 Å². The molecule has 2 aromatic carbocycles. The number of benzene rings is 2. The molecule has 31 heavy (non-hydrogen) atoms. The molecule has 1 aromatic heterocycles. The number of halogens is 1. The summed E-state index contributed by atoms with van der Waals surface area (Å²) in [7, 11) is 1.59. The topological polar surface area (TPSA) is 64.4 Å². The Morgan fingerprint density at radius 1 is 1.06 bits per heavy atom. The van der Waals surface area contributed by atoms with Crippen molar-refractivity contribution in [2.45, 2.75) is 19.8 Å². The Bertz CT molecular complexity index is 1100. The van der Waals surface area contributed by atoms with Gasteiger partial charge in [0.25, 0.3) is 5.91 Å². The van der Waals surface area contributed by atoms with Crippen molar-refractivity contribution in [3.8, 4) is 11.4 Å². The number of likely N-dealkylation sites (tertiary alicyclic amines) is 1. The van der Waals surface area contributed by atoms with Crippen LogP contribution in [0, 0.1) is 18.7 Å². The molecule has 0 unspecified atom stereocenters. The van der Waals surface area contributed by atoms with Gasteiger partial charge in [-0.15, -0.1) is 0 Å². The number of hydrogen-bond acceptors (Lipinski definition) is 4. The summed E-state index contributed by atoms with van der Waals surface area (Å²) in [5.74, 6) is 0.155. The van der Waals surface area contributed by atoms with Gasteiger partial charge in [-0.3, -0.25) is 9.59 Å². The summed E-state index contributed by atoms with van der Waals surface area (Å²) in [5, 5.41) is 4.22. The van der Waals surface area contributed by atoms with Gasteiger partial charge >= 0.3 is 0 Å². The highest BCUT2D eigenvalue weighted by molar-refractivity contribution is 5.98. The molecule has 160 valence electrons. The number of ketones is 1. The molecular weight excluding hydrogens is 397 g/mol. The minimum Gasteiger partial charge on any atom is -0.497 e. The van der Waals surface area contributed by atoms with Crippen LogP contribution in [0.15, 0.2) is 54.7 Å². The van der Waals surface area contributed by atoms with E-state index in [1.807, 2.05) is 0 Å². The zero-order chi connectivity index (χ0) is 22.0. The molecule has 4 rings (SSSR count). The predicted molar refractivity (Wildman–Crippen MR) is 114 cm³/mol. The number of Topliss-reactive ketones (excluding diaryl/α,β-unsaturated/α-hetero) is 1. The number of amides is 1. The second kappa shape index (κ2) is 8.71. The monoisotopic (exact) mass is 421 g/mol. The third-order valence-electron chi connectivity index (χ3n) is 5.85. The van der Waals surface area contributed by atoms with Crippen LogP contribution in [0.2, 0.25) is 0 Å². The molecule has 6 nitrogen and oxygen atoms in total. The van der Waals surface area contributed by atoms with Gasteiger partial charge < -0.3 is 9.64 Å². The lowest BCUT2D eigenvalue weighted by atomic mass is 9.88. The summed E-state index contributed by atoms with van der Waals surface area (Å²) in [6.07, 6.45) is 2.70. The second-order valence-electron chi connectivity index (χ2n) is 7.67. The van der Waals surface area contributed by atoms with Gasteiger partial charge in [-0.2, -0.15) is 5.10 Å². The van der Waals surface area contributed by atoms with Crippen molar-refractivity contribution >= 4 is 11.7 Å². The maximum Gasteiger partial charge on any atom is 0.257 e. The summed E-state index contributed by atoms with van der Waals surface area (Å²) in [6, 6.07) is 13.4. The van der Waals surface area contributed by atoms with Gasteiger partial charge in [-0.25, -0.2) is 9.07 Å². The van der Waals surface area contributed by atoms with Crippen LogP contribution in [0.5, 0.6) is 5.75 Å². The van der Waals surface area contributed by atoms with E-state index in [2.05, 4.69) is 5.10 Å². The summed E-state index contributed by atoms with van der Waals surface area (Å²) in [5.41, 5.74) is 2.00. The first kappa shape index (κ1) is 20.8. The molecule has 0 bridgehead atoms. The molecule has 2 heterocycles. The lowest BCUT2D eigenvalue weighted by molar-refractivity contribution is 0.0649. The van der Waals surface area contributed by atoms with Gasteiger partial charge in [0, 0.05) is 24.6 Å². The van der Waals surface area contributed by atoms with E-state index in [-0.39, 0.29) is 17.6 Å². The van der Waals surface area contributed by atoms with Crippen molar-refractivity contribution < 1.29 is 18.7 Å². The van der Waals surface area contributed by atoms with Crippen molar-refractivity contribution in [1.82, 2.24) is 14.7 Å². The number of hydrogen-bond donors (Lipinski definition) is 0. The van der Waals surface area contributed by atoms with Gasteiger partial charge in [-0.1, -0.05) is 12.1 Å². The van der Waals surface area contributed by atoms with E-state index in [0.29, 0.717) is 54.2 Å². The number of piperidine rings is 1. The Hall–Kier alpha value is -3.48. The first-order valence-electron chi connectivity index (χ1n) is 10.3. The first-order chi connectivity index (χ1) is 15.0. The van der Waals surface area contributed by atoms with E-state index in [1.165, 1.54) is 16.9 Å². The molecule has 0 atom stereocenters. The third-order valence-corrected chi connectivity index (χ3v) is 5.85. The number of methoxy groups -OCH3 is 1. The Kier molecular flexibility index (Phi) is 5.84. The molecular formula is C24H24FN3O3. The normalized spacial score (nSPS) is 14.5. The van der Waals surface area contributed by atoms with Crippen LogP contribution in [0.4, 0.5) is 4.39 Å². The van der Waals surface area contributed by atoms with Gasteiger partial charge in [-0.05, 0) is 56.2 Å². The third kappa shape index (κ3) is 4.08. The zero-order valence-corrected chi connectivity index (χ0v) is 17.5. The van der Waals surface area contributed by atoms with Crippen molar-refractivity contribution in [2.24, 2.45) is 5.92 Å². The molecule has 0 N–H and O–H groups in total. The summed E-state index contributed by atoms with van der Waals surface area (Å²) >= 11 is 0. The quantitative estimate of drug-likeness (QED) is 0.583. The van der Waals surface area contributed by atoms with Gasteiger partial charge in [0.1, 0.15) is 17.3 Å². The fourth-order valence-corrected chi connectivity index (χ4v) is 3.99. The highest BCUT2D eigenvalue weighted by Crippen LogP contribution is 2.25. The number of carbonyl (C=O) groups is 2. The molecule has 0 saturated carbocycles. The SMILES string of the molecule is COc1ccc(C(=O)C2CCN(C(=O)c3cnn(-c4ccccc4F)c3C)CC2)cc1. The van der Waals surface area contributed by atoms with Crippen molar-refractivity contribution in [2.75, 3.05) is 20.2 Å². The number of para-hydroxylation sites is 1. The molecule has 0 radical (unpaired) electrons. The van der Waals surface area contributed by atoms with E-state index in [9.17, 15) is 14.0 Å². The molecule has 1 fully saturated rings. The Labute approximate surface area is 180 Å². The molecule has 0 aliphatic carbocycles. The van der Waals surface area contributed by atoms with Gasteiger partial charge in [0.15, 0.2) is 5.78 Å². The minimum absolute atomic E-state index is 0.0957. The maximum atomic E-state index is 14.1. The molecule has 1 saturated heterocycles. The van der Waals surface area contributed by atoms with E-state index < -0.39 is 5.82 Å². The average Bonchev–Trinajstić information content (AvgIpc) is 3.19. The fourth-order valence-electron chi connectivity index (χ4n) is 3.99. The number of rotatable bonds is 5. The summed E-state index contributed by atoms with van der Waals surface area (Å²) < 4.78 is 20.7. The van der Waals surface area contributed by atoms with Crippen LogP contribution in [0.25, 0.3) is 5.69 Å². The zero-order valence-electron chi connectivity index (χ0n) is 17.5. The van der Waals surface area contributed by atoms with Crippen LogP contribution < -0.4 is 4.74 Å². The first-order valence-corrected chi connectivity index (χ1v) is 10.3. The van der Waals surface area contributed by atoms with Crippen molar-refractivity contribution in [3.05, 3.63) is 77.4 Å². The second-order valence-corrected chi connectivity index (χ2v) is 7.67. The number of ether oxygens (including phenoxy) is 1. The standard InChI is InChI=1S/C24H24FN3O3/c1-16-20(15-26-28(16)22-6-4-3-5-21(22)25)24(30)27-13-11-18(12-14-27)23(29)17-7-9-19(31-2)10-8-17/h3-10,15,18H,11-14H2,1-2H3. The molecule has 3 aromatic rings. The minimum atomic E-state index is -0.398. The number of nitrogens with zero attached hydrogens (tertiary/aromatic N) is 3. The van der Waals surface area contributed by atoms with E-state index in [4.69, 9.17) is 4.74 Å². The van der Waals surface area contributed by atoms with Crippen LogP contribution in [-0.4, -0.2) is 46.6 Å². The van der Waals surface area contributed by atoms with Crippen LogP contribution in [-0.2, 0) is 0 Å². The van der Waals surface area contributed by atoms with Crippen molar-refractivity contribution in [3.63, 3.8) is 0 Å². The summed E-state index contributed by atoms with van der Waals surface area (Å²) in [4.78, 5) is 27.6. The summed E-state index contributed by atoms with van der Waals surface area (Å²) in [6.45, 7) is 2.75. The average molecular weight is 421 g/mol. The maximum absolute atomic E-state index is 14.1. The number of carbonyl (C=O) groups excluding carboxylic acids is 2. The fraction of sp³-hybridized carbons (Fsp3) is 0.292. The highest BCUT2D eigenvalue weighted by Gasteiger charge is 2.30. The van der Waals surface area contributed by atoms with E-state index in [0.717, 1.165) is 0 Å². The molecule has 7 heteroatoms. The largest absolute Gasteiger partial charge is 0.497 e. The molecule has 1 amide bonds.